The highest BCUT2D eigenvalue weighted by Crippen LogP contribution is 2.28. The van der Waals surface area contributed by atoms with Gasteiger partial charge in [0.25, 0.3) is 0 Å². The first-order valence-corrected chi connectivity index (χ1v) is 10.7. The van der Waals surface area contributed by atoms with Crippen LogP contribution in [0.25, 0.3) is 10.2 Å². The fraction of sp³-hybridized carbons (Fsp3) is 0.583. The summed E-state index contributed by atoms with van der Waals surface area (Å²) < 4.78 is 8.76. The molecule has 0 unspecified atom stereocenters. The van der Waals surface area contributed by atoms with Crippen LogP contribution >= 0.6 is 11.3 Å². The molecule has 0 saturated heterocycles. The van der Waals surface area contributed by atoms with Crippen molar-refractivity contribution in [1.29, 1.82) is 0 Å². The number of hydrogen-bond donors (Lipinski definition) is 1. The van der Waals surface area contributed by atoms with E-state index in [9.17, 15) is 0 Å². The Hall–Kier alpha value is -0.853. The zero-order valence-electron chi connectivity index (χ0n) is 11.5. The summed E-state index contributed by atoms with van der Waals surface area (Å²) >= 11 is 1.72. The second-order valence-corrected chi connectivity index (χ2v) is 12.3. The minimum atomic E-state index is -0.987. The Morgan fingerprint density at radius 1 is 1.44 bits per heavy atom. The van der Waals surface area contributed by atoms with Gasteiger partial charge in [-0.15, -0.1) is 11.3 Å². The molecule has 2 rings (SSSR count). The molecule has 4 nitrogen and oxygen atoms in total. The van der Waals surface area contributed by atoms with Crippen LogP contribution in [0.5, 0.6) is 0 Å². The van der Waals surface area contributed by atoms with E-state index in [1.807, 2.05) is 11.7 Å². The van der Waals surface area contributed by atoms with Crippen molar-refractivity contribution < 1.29 is 4.74 Å². The van der Waals surface area contributed by atoms with E-state index in [4.69, 9.17) is 4.74 Å². The topological polar surface area (TPSA) is 39.1 Å². The molecule has 18 heavy (non-hydrogen) atoms. The molecule has 2 aromatic rings. The number of fused-ring (bicyclic) bond motifs is 1. The lowest BCUT2D eigenvalue weighted by molar-refractivity contribution is 0.0791. The number of rotatable bonds is 6. The van der Waals surface area contributed by atoms with E-state index < -0.39 is 8.07 Å². The van der Waals surface area contributed by atoms with E-state index in [0.717, 1.165) is 17.1 Å². The monoisotopic (exact) mass is 283 g/mol. The van der Waals surface area contributed by atoms with Gasteiger partial charge in [-0.2, -0.15) is 5.10 Å². The quantitative estimate of drug-likeness (QED) is 0.652. The number of nitrogens with one attached hydrogen (secondary N) is 1. The zero-order valence-corrected chi connectivity index (χ0v) is 13.3. The molecule has 0 bridgehead atoms. The van der Waals surface area contributed by atoms with Crippen molar-refractivity contribution in [3.05, 3.63) is 12.3 Å². The van der Waals surface area contributed by atoms with E-state index in [2.05, 4.69) is 42.3 Å². The molecule has 0 saturated carbocycles. The predicted octanol–water partition coefficient (Wildman–Crippen LogP) is 3.45. The molecule has 0 aromatic carbocycles. The lowest BCUT2D eigenvalue weighted by Crippen LogP contribution is -2.22. The van der Waals surface area contributed by atoms with Crippen molar-refractivity contribution in [3.63, 3.8) is 0 Å². The summed E-state index contributed by atoms with van der Waals surface area (Å²) in [4.78, 5) is 0. The summed E-state index contributed by atoms with van der Waals surface area (Å²) in [5, 5.41) is 8.77. The van der Waals surface area contributed by atoms with Gasteiger partial charge in [-0.25, -0.2) is 4.68 Å². The molecule has 6 heteroatoms. The highest BCUT2D eigenvalue weighted by atomic mass is 32.1. The number of thiophene rings is 1. The lowest BCUT2D eigenvalue weighted by Gasteiger charge is -2.15. The summed E-state index contributed by atoms with van der Waals surface area (Å²) in [6, 6.07) is 3.27. The van der Waals surface area contributed by atoms with E-state index in [0.29, 0.717) is 6.73 Å². The van der Waals surface area contributed by atoms with Gasteiger partial charge in [0.05, 0.1) is 9.70 Å². The molecule has 0 aliphatic carbocycles. The highest BCUT2D eigenvalue weighted by molar-refractivity contribution is 7.22. The molecular formula is C12H21N3OSSi. The fourth-order valence-corrected chi connectivity index (χ4v) is 3.24. The van der Waals surface area contributed by atoms with Crippen molar-refractivity contribution in [3.8, 4) is 0 Å². The standard InChI is InChI=1S/C12H21N3OSSi/c1-13-12-7-10-11(17-12)8-15(14-10)9-16-5-6-18(2,3)4/h7-8,13H,5-6,9H2,1-4H3. The molecule has 0 radical (unpaired) electrons. The minimum absolute atomic E-state index is 0.556. The molecular weight excluding hydrogens is 262 g/mol. The van der Waals surface area contributed by atoms with Gasteiger partial charge in [-0.1, -0.05) is 19.6 Å². The molecule has 0 amide bonds. The van der Waals surface area contributed by atoms with Crippen LogP contribution in [0.15, 0.2) is 12.3 Å². The van der Waals surface area contributed by atoms with Crippen LogP contribution in [0.1, 0.15) is 0 Å². The molecule has 0 fully saturated rings. The number of ether oxygens (including phenoxy) is 1. The first-order valence-electron chi connectivity index (χ1n) is 6.20. The lowest BCUT2D eigenvalue weighted by atomic mass is 10.5. The maximum atomic E-state index is 5.68. The van der Waals surface area contributed by atoms with Crippen molar-refractivity contribution in [1.82, 2.24) is 9.78 Å². The summed E-state index contributed by atoms with van der Waals surface area (Å²) in [7, 11) is 0.941. The van der Waals surface area contributed by atoms with E-state index in [-0.39, 0.29) is 0 Å². The molecule has 100 valence electrons. The van der Waals surface area contributed by atoms with Crippen molar-refractivity contribution in [2.75, 3.05) is 19.0 Å². The zero-order chi connectivity index (χ0) is 13.2. The van der Waals surface area contributed by atoms with Gasteiger partial charge < -0.3 is 10.1 Å². The van der Waals surface area contributed by atoms with Crippen LogP contribution in [0.4, 0.5) is 5.00 Å². The Kier molecular flexibility index (Phi) is 4.09. The van der Waals surface area contributed by atoms with Crippen molar-refractivity contribution in [2.45, 2.75) is 32.4 Å². The SMILES string of the molecule is CNc1cc2nn(COCC[Si](C)(C)C)cc2s1. The molecule has 1 N–H and O–H groups in total. The van der Waals surface area contributed by atoms with Gasteiger partial charge >= 0.3 is 0 Å². The van der Waals surface area contributed by atoms with Crippen LogP contribution in [-0.4, -0.2) is 31.5 Å². The van der Waals surface area contributed by atoms with Crippen molar-refractivity contribution >= 4 is 34.6 Å². The normalized spacial score (nSPS) is 12.2. The van der Waals surface area contributed by atoms with Gasteiger partial charge in [0, 0.05) is 34.0 Å². The van der Waals surface area contributed by atoms with Crippen LogP contribution in [0, 0.1) is 0 Å². The van der Waals surface area contributed by atoms with Gasteiger partial charge in [-0.05, 0) is 6.04 Å². The van der Waals surface area contributed by atoms with Crippen LogP contribution < -0.4 is 5.32 Å². The number of aromatic nitrogens is 2. The molecule has 0 aliphatic rings. The average molecular weight is 283 g/mol. The summed E-state index contributed by atoms with van der Waals surface area (Å²) in [5.74, 6) is 0. The molecule has 2 aromatic heterocycles. The molecule has 0 spiro atoms. The number of nitrogens with zero attached hydrogens (tertiary/aromatic N) is 2. The van der Waals surface area contributed by atoms with Crippen LogP contribution in [-0.2, 0) is 11.5 Å². The van der Waals surface area contributed by atoms with E-state index in [1.165, 1.54) is 10.7 Å². The van der Waals surface area contributed by atoms with Crippen molar-refractivity contribution in [2.24, 2.45) is 0 Å². The fourth-order valence-electron chi connectivity index (χ4n) is 1.59. The van der Waals surface area contributed by atoms with Gasteiger partial charge in [0.15, 0.2) is 0 Å². The largest absolute Gasteiger partial charge is 0.380 e. The van der Waals surface area contributed by atoms with Crippen LogP contribution in [0.2, 0.25) is 25.7 Å². The number of hydrogen-bond acceptors (Lipinski definition) is 4. The van der Waals surface area contributed by atoms with Gasteiger partial charge in [0.1, 0.15) is 12.2 Å². The summed E-state index contributed by atoms with van der Waals surface area (Å²) in [6.07, 6.45) is 2.05. The Balaban J connectivity index is 1.86. The number of anilines is 1. The smallest absolute Gasteiger partial charge is 0.139 e. The summed E-state index contributed by atoms with van der Waals surface area (Å²) in [6.45, 7) is 8.48. The predicted molar refractivity (Wildman–Crippen MR) is 81.3 cm³/mol. The highest BCUT2D eigenvalue weighted by Gasteiger charge is 2.12. The Morgan fingerprint density at radius 2 is 2.22 bits per heavy atom. The Labute approximate surface area is 113 Å². The second-order valence-electron chi connectivity index (χ2n) is 5.63. The maximum absolute atomic E-state index is 5.68. The van der Waals surface area contributed by atoms with Gasteiger partial charge in [0.2, 0.25) is 0 Å². The third-order valence-electron chi connectivity index (χ3n) is 2.71. The molecule has 0 aliphatic heterocycles. The van der Waals surface area contributed by atoms with E-state index >= 15 is 0 Å². The van der Waals surface area contributed by atoms with Crippen LogP contribution in [0.3, 0.4) is 0 Å². The third kappa shape index (κ3) is 3.57. The second kappa shape index (κ2) is 5.42. The Morgan fingerprint density at radius 3 is 2.83 bits per heavy atom. The Bertz CT molecular complexity index is 483. The molecule has 2 heterocycles. The third-order valence-corrected chi connectivity index (χ3v) is 5.49. The first-order chi connectivity index (χ1) is 8.48. The summed E-state index contributed by atoms with van der Waals surface area (Å²) in [5.41, 5.74) is 1.04. The maximum Gasteiger partial charge on any atom is 0.139 e. The first kappa shape index (κ1) is 13.6. The van der Waals surface area contributed by atoms with Gasteiger partial charge in [-0.3, -0.25) is 0 Å². The molecule has 0 atom stereocenters. The minimum Gasteiger partial charge on any atom is -0.380 e. The average Bonchev–Trinajstić information content (AvgIpc) is 2.80. The van der Waals surface area contributed by atoms with E-state index in [1.54, 1.807) is 11.3 Å².